The Balaban J connectivity index is 2.98. The van der Waals surface area contributed by atoms with E-state index in [4.69, 9.17) is 11.5 Å². The summed E-state index contributed by atoms with van der Waals surface area (Å²) in [6.07, 6.45) is 5.97. The van der Waals surface area contributed by atoms with E-state index in [2.05, 4.69) is 25.9 Å². The van der Waals surface area contributed by atoms with Crippen molar-refractivity contribution in [3.05, 3.63) is 18.2 Å². The Kier molecular flexibility index (Phi) is 13.7. The first-order valence-electron chi connectivity index (χ1n) is 12.6. The van der Waals surface area contributed by atoms with Crippen LogP contribution in [0, 0.1) is 11.8 Å². The highest BCUT2D eigenvalue weighted by Gasteiger charge is 2.34. The van der Waals surface area contributed by atoms with E-state index in [0.29, 0.717) is 37.9 Å². The van der Waals surface area contributed by atoms with Gasteiger partial charge in [-0.3, -0.25) is 14.4 Å². The maximum Gasteiger partial charge on any atom is 0.326 e. The van der Waals surface area contributed by atoms with Crippen molar-refractivity contribution in [1.29, 1.82) is 0 Å². The van der Waals surface area contributed by atoms with Crippen LogP contribution in [0.15, 0.2) is 12.5 Å². The summed E-state index contributed by atoms with van der Waals surface area (Å²) in [6.45, 7) is 7.89. The van der Waals surface area contributed by atoms with Crippen LogP contribution in [0.5, 0.6) is 0 Å². The number of amides is 3. The molecule has 9 N–H and O–H groups in total. The molecule has 6 unspecified atom stereocenters. The van der Waals surface area contributed by atoms with Gasteiger partial charge in [-0.2, -0.15) is 0 Å². The molecule has 3 amide bonds. The number of hydrogen-bond donors (Lipinski definition) is 7. The standard InChI is InChI=1S/C24H43N7O5/c1-5-14(3)19(22(33)29-18(24(35)36)11-16-12-27-13-28-16)31-23(34)20(15(4)6-2)30-21(32)17(26)9-7-8-10-25/h12-15,17-20H,5-11,25-26H2,1-4H3,(H,27,28)(H,29,33)(H,30,32)(H,31,34)(H,35,36). The van der Waals surface area contributed by atoms with Gasteiger partial charge in [0.1, 0.15) is 18.1 Å². The zero-order valence-corrected chi connectivity index (χ0v) is 21.8. The Hall–Kier alpha value is -2.99. The van der Waals surface area contributed by atoms with Crippen molar-refractivity contribution >= 4 is 23.7 Å². The van der Waals surface area contributed by atoms with E-state index in [0.717, 1.165) is 6.42 Å². The Bertz CT molecular complexity index is 833. The Morgan fingerprint density at radius 2 is 1.53 bits per heavy atom. The van der Waals surface area contributed by atoms with Gasteiger partial charge < -0.3 is 37.5 Å². The first kappa shape index (κ1) is 31.0. The molecule has 0 aromatic carbocycles. The van der Waals surface area contributed by atoms with Gasteiger partial charge in [-0.05, 0) is 31.2 Å². The van der Waals surface area contributed by atoms with Crippen molar-refractivity contribution in [2.24, 2.45) is 23.3 Å². The number of nitrogens with zero attached hydrogens (tertiary/aromatic N) is 1. The highest BCUT2D eigenvalue weighted by Crippen LogP contribution is 2.13. The van der Waals surface area contributed by atoms with Crippen LogP contribution in [0.25, 0.3) is 0 Å². The lowest BCUT2D eigenvalue weighted by molar-refractivity contribution is -0.142. The predicted octanol–water partition coefficient (Wildman–Crippen LogP) is 0.0397. The van der Waals surface area contributed by atoms with Crippen LogP contribution in [-0.4, -0.2) is 69.5 Å². The van der Waals surface area contributed by atoms with Gasteiger partial charge in [-0.1, -0.05) is 47.0 Å². The SMILES string of the molecule is CCC(C)C(NC(=O)C(N)CCCCN)C(=O)NC(C(=O)NC(Cc1cnc[nH]1)C(=O)O)C(C)CC. The zero-order chi connectivity index (χ0) is 27.3. The first-order chi connectivity index (χ1) is 17.0. The number of unbranched alkanes of at least 4 members (excludes halogenated alkanes) is 1. The third-order valence-electron chi connectivity index (χ3n) is 6.49. The maximum atomic E-state index is 13.3. The van der Waals surface area contributed by atoms with E-state index in [-0.39, 0.29) is 18.3 Å². The topological polar surface area (TPSA) is 205 Å². The number of carbonyl (C=O) groups excluding carboxylic acids is 3. The molecule has 1 rings (SSSR count). The van der Waals surface area contributed by atoms with E-state index in [9.17, 15) is 24.3 Å². The van der Waals surface area contributed by atoms with Gasteiger partial charge in [0.2, 0.25) is 17.7 Å². The molecule has 1 aromatic heterocycles. The number of aromatic nitrogens is 2. The fourth-order valence-corrected chi connectivity index (χ4v) is 3.62. The van der Waals surface area contributed by atoms with Crippen molar-refractivity contribution in [2.45, 2.75) is 90.4 Å². The molecule has 6 atom stereocenters. The van der Waals surface area contributed by atoms with Crippen LogP contribution in [0.1, 0.15) is 65.5 Å². The van der Waals surface area contributed by atoms with E-state index < -0.39 is 47.9 Å². The number of rotatable bonds is 17. The molecule has 0 aliphatic carbocycles. The largest absolute Gasteiger partial charge is 0.480 e. The number of hydrogen-bond acceptors (Lipinski definition) is 7. The smallest absolute Gasteiger partial charge is 0.326 e. The number of H-pyrrole nitrogens is 1. The van der Waals surface area contributed by atoms with Crippen LogP contribution < -0.4 is 27.4 Å². The molecule has 36 heavy (non-hydrogen) atoms. The molecule has 12 nitrogen and oxygen atoms in total. The van der Waals surface area contributed by atoms with E-state index in [1.54, 1.807) is 6.92 Å². The molecule has 12 heteroatoms. The van der Waals surface area contributed by atoms with Gasteiger partial charge in [0.15, 0.2) is 0 Å². The van der Waals surface area contributed by atoms with Gasteiger partial charge in [0, 0.05) is 18.3 Å². The van der Waals surface area contributed by atoms with Crippen molar-refractivity contribution in [3.8, 4) is 0 Å². The van der Waals surface area contributed by atoms with Gasteiger partial charge in [-0.15, -0.1) is 0 Å². The van der Waals surface area contributed by atoms with Crippen LogP contribution in [-0.2, 0) is 25.6 Å². The number of nitrogens with two attached hydrogens (primary N) is 2. The normalized spacial score (nSPS) is 16.2. The molecule has 204 valence electrons. The molecule has 0 saturated carbocycles. The zero-order valence-electron chi connectivity index (χ0n) is 21.8. The lowest BCUT2D eigenvalue weighted by Gasteiger charge is -2.30. The monoisotopic (exact) mass is 509 g/mol. The molecule has 0 aliphatic heterocycles. The molecule has 0 fully saturated rings. The molecule has 1 aromatic rings. The van der Waals surface area contributed by atoms with Gasteiger partial charge in [0.05, 0.1) is 12.4 Å². The Labute approximate surface area is 212 Å². The lowest BCUT2D eigenvalue weighted by Crippen LogP contribution is -2.60. The number of imidazole rings is 1. The number of aromatic amines is 1. The summed E-state index contributed by atoms with van der Waals surface area (Å²) in [5.41, 5.74) is 12.0. The summed E-state index contributed by atoms with van der Waals surface area (Å²) in [5.74, 6) is -3.30. The van der Waals surface area contributed by atoms with Crippen LogP contribution in [0.4, 0.5) is 0 Å². The predicted molar refractivity (Wildman–Crippen MR) is 136 cm³/mol. The molecule has 0 aliphatic rings. The fourth-order valence-electron chi connectivity index (χ4n) is 3.62. The number of carboxylic acid groups (broad SMARTS) is 1. The van der Waals surface area contributed by atoms with Crippen LogP contribution in [0.3, 0.4) is 0 Å². The highest BCUT2D eigenvalue weighted by atomic mass is 16.4. The second-order valence-electron chi connectivity index (χ2n) is 9.31. The number of carbonyl (C=O) groups is 4. The molecule has 0 saturated heterocycles. The lowest BCUT2D eigenvalue weighted by atomic mass is 9.94. The van der Waals surface area contributed by atoms with Crippen molar-refractivity contribution in [1.82, 2.24) is 25.9 Å². The molecular formula is C24H43N7O5. The average Bonchev–Trinajstić information content (AvgIpc) is 3.37. The van der Waals surface area contributed by atoms with Crippen molar-refractivity contribution in [3.63, 3.8) is 0 Å². The minimum atomic E-state index is -1.21. The quantitative estimate of drug-likeness (QED) is 0.142. The van der Waals surface area contributed by atoms with Gasteiger partial charge in [-0.25, -0.2) is 9.78 Å². The van der Waals surface area contributed by atoms with E-state index in [1.807, 2.05) is 20.8 Å². The Morgan fingerprint density at radius 3 is 2.00 bits per heavy atom. The number of aliphatic carboxylic acids is 1. The summed E-state index contributed by atoms with van der Waals surface area (Å²) >= 11 is 0. The third kappa shape index (κ3) is 9.94. The van der Waals surface area contributed by atoms with Crippen molar-refractivity contribution < 1.29 is 24.3 Å². The summed E-state index contributed by atoms with van der Waals surface area (Å²) < 4.78 is 0. The summed E-state index contributed by atoms with van der Waals surface area (Å²) in [7, 11) is 0. The fraction of sp³-hybridized carbons (Fsp3) is 0.708. The number of carboxylic acids is 1. The molecule has 1 heterocycles. The second-order valence-corrected chi connectivity index (χ2v) is 9.31. The summed E-state index contributed by atoms with van der Waals surface area (Å²) in [4.78, 5) is 57.5. The summed E-state index contributed by atoms with van der Waals surface area (Å²) in [6, 6.07) is -3.88. The molecule has 0 radical (unpaired) electrons. The molecular weight excluding hydrogens is 466 g/mol. The van der Waals surface area contributed by atoms with Gasteiger partial charge >= 0.3 is 5.97 Å². The first-order valence-corrected chi connectivity index (χ1v) is 12.6. The second kappa shape index (κ2) is 15.9. The Morgan fingerprint density at radius 1 is 0.972 bits per heavy atom. The van der Waals surface area contributed by atoms with E-state index >= 15 is 0 Å². The minimum absolute atomic E-state index is 0.00976. The highest BCUT2D eigenvalue weighted by molar-refractivity contribution is 5.94. The molecule has 0 spiro atoms. The summed E-state index contributed by atoms with van der Waals surface area (Å²) in [5, 5.41) is 17.6. The van der Waals surface area contributed by atoms with E-state index in [1.165, 1.54) is 12.5 Å². The van der Waals surface area contributed by atoms with Crippen LogP contribution >= 0.6 is 0 Å². The maximum absolute atomic E-state index is 13.3. The van der Waals surface area contributed by atoms with Crippen LogP contribution in [0.2, 0.25) is 0 Å². The average molecular weight is 510 g/mol. The third-order valence-corrected chi connectivity index (χ3v) is 6.49. The minimum Gasteiger partial charge on any atom is -0.480 e. The number of nitrogens with one attached hydrogen (secondary N) is 4. The van der Waals surface area contributed by atoms with Crippen molar-refractivity contribution in [2.75, 3.05) is 6.54 Å². The van der Waals surface area contributed by atoms with Gasteiger partial charge in [0.25, 0.3) is 0 Å². The molecule has 0 bridgehead atoms.